The first-order valence-corrected chi connectivity index (χ1v) is 7.91. The van der Waals surface area contributed by atoms with Crippen molar-refractivity contribution in [3.8, 4) is 5.75 Å². The number of aryl methyl sites for hydroxylation is 1. The van der Waals surface area contributed by atoms with Crippen molar-refractivity contribution < 1.29 is 4.74 Å². The molecule has 0 heterocycles. The second kappa shape index (κ2) is 7.65. The first-order chi connectivity index (χ1) is 9.78. The fourth-order valence-electron chi connectivity index (χ4n) is 3.06. The lowest BCUT2D eigenvalue weighted by molar-refractivity contribution is 0.282. The molecule has 0 saturated heterocycles. The van der Waals surface area contributed by atoms with Gasteiger partial charge < -0.3 is 15.0 Å². The van der Waals surface area contributed by atoms with E-state index < -0.39 is 0 Å². The van der Waals surface area contributed by atoms with Crippen molar-refractivity contribution >= 4 is 0 Å². The molecule has 1 atom stereocenters. The van der Waals surface area contributed by atoms with E-state index in [9.17, 15) is 0 Å². The molecule has 2 rings (SSSR count). The average Bonchev–Trinajstić information content (AvgIpc) is 2.88. The minimum Gasteiger partial charge on any atom is -0.497 e. The number of methoxy groups -OCH3 is 1. The first-order valence-electron chi connectivity index (χ1n) is 7.91. The summed E-state index contributed by atoms with van der Waals surface area (Å²) in [7, 11) is 1.74. The van der Waals surface area contributed by atoms with Crippen LogP contribution in [0.2, 0.25) is 0 Å². The van der Waals surface area contributed by atoms with Gasteiger partial charge in [-0.25, -0.2) is 0 Å². The standard InChI is InChI=1S/C17H28N2O/c1-4-11-19(5-2)12-10-18-17-9-7-14-6-8-15(20-3)13-16(14)17/h6,8,13,17-18H,4-5,7,9-12H2,1-3H3. The highest BCUT2D eigenvalue weighted by Crippen LogP contribution is 2.33. The Morgan fingerprint density at radius 1 is 1.30 bits per heavy atom. The van der Waals surface area contributed by atoms with Gasteiger partial charge in [-0.15, -0.1) is 0 Å². The van der Waals surface area contributed by atoms with Gasteiger partial charge in [0, 0.05) is 19.1 Å². The number of benzene rings is 1. The van der Waals surface area contributed by atoms with Gasteiger partial charge in [0.15, 0.2) is 0 Å². The Labute approximate surface area is 123 Å². The van der Waals surface area contributed by atoms with Crippen molar-refractivity contribution in [2.75, 3.05) is 33.3 Å². The zero-order valence-electron chi connectivity index (χ0n) is 13.1. The van der Waals surface area contributed by atoms with E-state index >= 15 is 0 Å². The van der Waals surface area contributed by atoms with Crippen LogP contribution in [0.1, 0.15) is 43.9 Å². The molecular formula is C17H28N2O. The molecule has 20 heavy (non-hydrogen) atoms. The zero-order valence-corrected chi connectivity index (χ0v) is 13.1. The molecule has 0 amide bonds. The molecule has 0 bridgehead atoms. The molecule has 1 aliphatic carbocycles. The number of nitrogens with zero attached hydrogens (tertiary/aromatic N) is 1. The van der Waals surface area contributed by atoms with Crippen LogP contribution in [0.25, 0.3) is 0 Å². The molecule has 1 aromatic rings. The summed E-state index contributed by atoms with van der Waals surface area (Å²) in [6.45, 7) is 9.04. The van der Waals surface area contributed by atoms with Crippen LogP contribution >= 0.6 is 0 Å². The predicted molar refractivity (Wildman–Crippen MR) is 84.5 cm³/mol. The van der Waals surface area contributed by atoms with Crippen LogP contribution in [0.3, 0.4) is 0 Å². The molecule has 1 unspecified atom stereocenters. The highest BCUT2D eigenvalue weighted by atomic mass is 16.5. The van der Waals surface area contributed by atoms with E-state index in [0.717, 1.165) is 25.4 Å². The molecule has 0 saturated carbocycles. The van der Waals surface area contributed by atoms with Crippen molar-refractivity contribution in [3.63, 3.8) is 0 Å². The summed E-state index contributed by atoms with van der Waals surface area (Å²) in [6.07, 6.45) is 3.63. The molecule has 0 fully saturated rings. The van der Waals surface area contributed by atoms with Gasteiger partial charge in [-0.2, -0.15) is 0 Å². The number of fused-ring (bicyclic) bond motifs is 1. The number of ether oxygens (including phenoxy) is 1. The van der Waals surface area contributed by atoms with Crippen molar-refractivity contribution in [1.29, 1.82) is 0 Å². The molecule has 0 aliphatic heterocycles. The zero-order chi connectivity index (χ0) is 14.4. The lowest BCUT2D eigenvalue weighted by Gasteiger charge is -2.21. The number of likely N-dealkylation sites (N-methyl/N-ethyl adjacent to an activating group) is 1. The largest absolute Gasteiger partial charge is 0.497 e. The van der Waals surface area contributed by atoms with Crippen LogP contribution in [0, 0.1) is 0 Å². The molecule has 0 radical (unpaired) electrons. The minimum absolute atomic E-state index is 0.500. The molecule has 1 aliphatic rings. The molecule has 0 spiro atoms. The van der Waals surface area contributed by atoms with Crippen LogP contribution < -0.4 is 10.1 Å². The summed E-state index contributed by atoms with van der Waals surface area (Å²) in [5.41, 5.74) is 2.91. The predicted octanol–water partition coefficient (Wildman–Crippen LogP) is 3.00. The van der Waals surface area contributed by atoms with Crippen LogP contribution in [0.4, 0.5) is 0 Å². The van der Waals surface area contributed by atoms with Crippen LogP contribution in [0.15, 0.2) is 18.2 Å². The molecule has 1 N–H and O–H groups in total. The van der Waals surface area contributed by atoms with Gasteiger partial charge in [0.25, 0.3) is 0 Å². The summed E-state index contributed by atoms with van der Waals surface area (Å²) in [6, 6.07) is 6.98. The number of rotatable bonds is 8. The third kappa shape index (κ3) is 3.74. The quantitative estimate of drug-likeness (QED) is 0.790. The van der Waals surface area contributed by atoms with Crippen molar-refractivity contribution in [3.05, 3.63) is 29.3 Å². The fraction of sp³-hybridized carbons (Fsp3) is 0.647. The third-order valence-corrected chi connectivity index (χ3v) is 4.24. The summed E-state index contributed by atoms with van der Waals surface area (Å²) in [5.74, 6) is 0.971. The van der Waals surface area contributed by atoms with Gasteiger partial charge in [-0.1, -0.05) is 19.9 Å². The van der Waals surface area contributed by atoms with Gasteiger partial charge in [0.05, 0.1) is 7.11 Å². The molecule has 1 aromatic carbocycles. The van der Waals surface area contributed by atoms with Gasteiger partial charge in [-0.3, -0.25) is 0 Å². The van der Waals surface area contributed by atoms with E-state index in [4.69, 9.17) is 4.74 Å². The summed E-state index contributed by atoms with van der Waals surface area (Å²) in [4.78, 5) is 2.51. The highest BCUT2D eigenvalue weighted by molar-refractivity contribution is 5.40. The minimum atomic E-state index is 0.500. The second-order valence-corrected chi connectivity index (χ2v) is 5.54. The fourth-order valence-corrected chi connectivity index (χ4v) is 3.06. The number of hydrogen-bond acceptors (Lipinski definition) is 3. The van der Waals surface area contributed by atoms with Crippen LogP contribution in [-0.4, -0.2) is 38.2 Å². The molecule has 0 aromatic heterocycles. The normalized spacial score (nSPS) is 17.5. The lowest BCUT2D eigenvalue weighted by Crippen LogP contribution is -2.33. The Balaban J connectivity index is 1.87. The van der Waals surface area contributed by atoms with E-state index in [1.54, 1.807) is 7.11 Å². The summed E-state index contributed by atoms with van der Waals surface area (Å²) < 4.78 is 5.34. The van der Waals surface area contributed by atoms with E-state index in [1.807, 2.05) is 0 Å². The van der Waals surface area contributed by atoms with Crippen LogP contribution in [-0.2, 0) is 6.42 Å². The Morgan fingerprint density at radius 3 is 2.85 bits per heavy atom. The van der Waals surface area contributed by atoms with Gasteiger partial charge >= 0.3 is 0 Å². The maximum Gasteiger partial charge on any atom is 0.119 e. The maximum atomic E-state index is 5.34. The molecular weight excluding hydrogens is 248 g/mol. The van der Waals surface area contributed by atoms with E-state index in [-0.39, 0.29) is 0 Å². The molecule has 3 nitrogen and oxygen atoms in total. The monoisotopic (exact) mass is 276 g/mol. The van der Waals surface area contributed by atoms with E-state index in [0.29, 0.717) is 6.04 Å². The summed E-state index contributed by atoms with van der Waals surface area (Å²) in [5, 5.41) is 3.72. The van der Waals surface area contributed by atoms with Crippen molar-refractivity contribution in [2.45, 2.75) is 39.2 Å². The first kappa shape index (κ1) is 15.3. The smallest absolute Gasteiger partial charge is 0.119 e. The van der Waals surface area contributed by atoms with Crippen LogP contribution in [0.5, 0.6) is 5.75 Å². The Morgan fingerprint density at radius 2 is 2.15 bits per heavy atom. The van der Waals surface area contributed by atoms with Crippen molar-refractivity contribution in [2.24, 2.45) is 0 Å². The lowest BCUT2D eigenvalue weighted by atomic mass is 10.1. The maximum absolute atomic E-state index is 5.34. The second-order valence-electron chi connectivity index (χ2n) is 5.54. The van der Waals surface area contributed by atoms with Gasteiger partial charge in [0.2, 0.25) is 0 Å². The molecule has 3 heteroatoms. The number of hydrogen-bond donors (Lipinski definition) is 1. The molecule has 112 valence electrons. The van der Waals surface area contributed by atoms with E-state index in [1.165, 1.54) is 36.9 Å². The van der Waals surface area contributed by atoms with Gasteiger partial charge in [0.1, 0.15) is 5.75 Å². The SMILES string of the molecule is CCCN(CC)CCNC1CCc2ccc(OC)cc21. The van der Waals surface area contributed by atoms with Gasteiger partial charge in [-0.05, 0) is 55.6 Å². The highest BCUT2D eigenvalue weighted by Gasteiger charge is 2.22. The third-order valence-electron chi connectivity index (χ3n) is 4.24. The summed E-state index contributed by atoms with van der Waals surface area (Å²) >= 11 is 0. The van der Waals surface area contributed by atoms with E-state index in [2.05, 4.69) is 42.3 Å². The topological polar surface area (TPSA) is 24.5 Å². The Kier molecular flexibility index (Phi) is 5.86. The Bertz CT molecular complexity index is 419. The average molecular weight is 276 g/mol. The number of nitrogens with one attached hydrogen (secondary N) is 1. The van der Waals surface area contributed by atoms with Crippen molar-refractivity contribution in [1.82, 2.24) is 10.2 Å². The Hall–Kier alpha value is -1.06.